The molecule has 108 valence electrons. The highest BCUT2D eigenvalue weighted by molar-refractivity contribution is 5.30. The maximum absolute atomic E-state index is 6.25. The zero-order valence-corrected chi connectivity index (χ0v) is 12.5. The molecular weight excluding hydrogens is 234 g/mol. The topological polar surface area (TPSA) is 35.2 Å². The molecule has 1 unspecified atom stereocenters. The molecule has 1 aromatic carbocycles. The van der Waals surface area contributed by atoms with E-state index in [-0.39, 0.29) is 6.04 Å². The average molecular weight is 263 g/mol. The van der Waals surface area contributed by atoms with Gasteiger partial charge in [-0.1, -0.05) is 58.1 Å². The maximum Gasteiger partial charge on any atom is 0.119 e. The van der Waals surface area contributed by atoms with E-state index in [0.717, 1.165) is 25.2 Å². The van der Waals surface area contributed by atoms with Crippen LogP contribution in [0.2, 0.25) is 0 Å². The van der Waals surface area contributed by atoms with Crippen LogP contribution in [0, 0.1) is 0 Å². The standard InChI is InChI=1S/C17H29NO/c1-3-5-6-7-8-12-17(18)15-10-9-11-16(14-15)19-13-4-2/h9-11,14,17H,3-8,12-13,18H2,1-2H3. The molecule has 0 saturated heterocycles. The Balaban J connectivity index is 2.36. The molecule has 0 radical (unpaired) electrons. The van der Waals surface area contributed by atoms with Crippen molar-refractivity contribution in [3.63, 3.8) is 0 Å². The number of benzene rings is 1. The molecule has 0 aliphatic rings. The molecular formula is C17H29NO. The van der Waals surface area contributed by atoms with E-state index in [0.29, 0.717) is 0 Å². The minimum Gasteiger partial charge on any atom is -0.494 e. The Morgan fingerprint density at radius 2 is 1.84 bits per heavy atom. The van der Waals surface area contributed by atoms with Crippen molar-refractivity contribution in [3.8, 4) is 5.75 Å². The molecule has 2 N–H and O–H groups in total. The smallest absolute Gasteiger partial charge is 0.119 e. The fourth-order valence-electron chi connectivity index (χ4n) is 2.19. The van der Waals surface area contributed by atoms with Crippen molar-refractivity contribution < 1.29 is 4.74 Å². The van der Waals surface area contributed by atoms with Gasteiger partial charge in [0, 0.05) is 6.04 Å². The molecule has 0 saturated carbocycles. The molecule has 0 aliphatic heterocycles. The lowest BCUT2D eigenvalue weighted by atomic mass is 10.0. The van der Waals surface area contributed by atoms with E-state index in [1.165, 1.54) is 37.7 Å². The van der Waals surface area contributed by atoms with Crippen LogP contribution < -0.4 is 10.5 Å². The molecule has 0 bridgehead atoms. The monoisotopic (exact) mass is 263 g/mol. The SMILES string of the molecule is CCCCCCCC(N)c1cccc(OCCC)c1. The van der Waals surface area contributed by atoms with E-state index in [1.807, 2.05) is 12.1 Å². The predicted octanol–water partition coefficient (Wildman–Crippen LogP) is 4.84. The minimum atomic E-state index is 0.145. The highest BCUT2D eigenvalue weighted by Gasteiger charge is 2.06. The van der Waals surface area contributed by atoms with E-state index >= 15 is 0 Å². The molecule has 2 heteroatoms. The molecule has 1 aromatic rings. The molecule has 0 heterocycles. The average Bonchev–Trinajstić information content (AvgIpc) is 2.45. The summed E-state index contributed by atoms with van der Waals surface area (Å²) in [6.45, 7) is 5.13. The molecule has 0 aliphatic carbocycles. The van der Waals surface area contributed by atoms with Gasteiger partial charge in [-0.25, -0.2) is 0 Å². The summed E-state index contributed by atoms with van der Waals surface area (Å²) in [6.07, 6.45) is 8.60. The number of hydrogen-bond acceptors (Lipinski definition) is 2. The van der Waals surface area contributed by atoms with Gasteiger partial charge >= 0.3 is 0 Å². The summed E-state index contributed by atoms with van der Waals surface area (Å²) in [7, 11) is 0. The van der Waals surface area contributed by atoms with Crippen LogP contribution in [-0.4, -0.2) is 6.61 Å². The van der Waals surface area contributed by atoms with Gasteiger partial charge in [-0.3, -0.25) is 0 Å². The second kappa shape index (κ2) is 9.85. The second-order valence-electron chi connectivity index (χ2n) is 5.23. The maximum atomic E-state index is 6.25. The van der Waals surface area contributed by atoms with Crippen LogP contribution in [0.25, 0.3) is 0 Å². The van der Waals surface area contributed by atoms with Gasteiger partial charge in [0.05, 0.1) is 6.61 Å². The summed E-state index contributed by atoms with van der Waals surface area (Å²) >= 11 is 0. The molecule has 2 nitrogen and oxygen atoms in total. The third-order valence-corrected chi connectivity index (χ3v) is 3.38. The Morgan fingerprint density at radius 1 is 1.05 bits per heavy atom. The van der Waals surface area contributed by atoms with Gasteiger partial charge in [0.2, 0.25) is 0 Å². The van der Waals surface area contributed by atoms with Gasteiger partial charge in [-0.05, 0) is 30.5 Å². The summed E-state index contributed by atoms with van der Waals surface area (Å²) in [5.74, 6) is 0.945. The van der Waals surface area contributed by atoms with E-state index in [2.05, 4.69) is 26.0 Å². The van der Waals surface area contributed by atoms with Crippen LogP contribution in [0.5, 0.6) is 5.75 Å². The highest BCUT2D eigenvalue weighted by Crippen LogP contribution is 2.22. The van der Waals surface area contributed by atoms with E-state index < -0.39 is 0 Å². The summed E-state index contributed by atoms with van der Waals surface area (Å²) in [5, 5.41) is 0. The molecule has 0 fully saturated rings. The Morgan fingerprint density at radius 3 is 2.58 bits per heavy atom. The lowest BCUT2D eigenvalue weighted by molar-refractivity contribution is 0.317. The zero-order chi connectivity index (χ0) is 13.9. The lowest BCUT2D eigenvalue weighted by Gasteiger charge is -2.13. The normalized spacial score (nSPS) is 12.4. The van der Waals surface area contributed by atoms with Crippen molar-refractivity contribution in [2.24, 2.45) is 5.73 Å². The molecule has 0 aromatic heterocycles. The number of nitrogens with two attached hydrogens (primary N) is 1. The first-order valence-corrected chi connectivity index (χ1v) is 7.76. The highest BCUT2D eigenvalue weighted by atomic mass is 16.5. The first kappa shape index (κ1) is 16.0. The van der Waals surface area contributed by atoms with Gasteiger partial charge in [0.15, 0.2) is 0 Å². The quantitative estimate of drug-likeness (QED) is 0.613. The predicted molar refractivity (Wildman–Crippen MR) is 82.5 cm³/mol. The largest absolute Gasteiger partial charge is 0.494 e. The Hall–Kier alpha value is -1.02. The molecule has 1 rings (SSSR count). The number of hydrogen-bond donors (Lipinski definition) is 1. The summed E-state index contributed by atoms with van der Waals surface area (Å²) in [5.41, 5.74) is 7.45. The van der Waals surface area contributed by atoms with Crippen molar-refractivity contribution >= 4 is 0 Å². The van der Waals surface area contributed by atoms with Crippen LogP contribution in [-0.2, 0) is 0 Å². The Bertz CT molecular complexity index is 338. The van der Waals surface area contributed by atoms with Gasteiger partial charge in [-0.2, -0.15) is 0 Å². The van der Waals surface area contributed by atoms with Crippen LogP contribution in [0.4, 0.5) is 0 Å². The van der Waals surface area contributed by atoms with Crippen molar-refractivity contribution in [1.82, 2.24) is 0 Å². The number of rotatable bonds is 10. The Labute approximate surface area is 118 Å². The molecule has 19 heavy (non-hydrogen) atoms. The van der Waals surface area contributed by atoms with Gasteiger partial charge < -0.3 is 10.5 Å². The third-order valence-electron chi connectivity index (χ3n) is 3.38. The first-order valence-electron chi connectivity index (χ1n) is 7.76. The van der Waals surface area contributed by atoms with Gasteiger partial charge in [0.25, 0.3) is 0 Å². The van der Waals surface area contributed by atoms with Crippen LogP contribution in [0.1, 0.15) is 70.4 Å². The van der Waals surface area contributed by atoms with Crippen LogP contribution in [0.15, 0.2) is 24.3 Å². The number of ether oxygens (including phenoxy) is 1. The summed E-state index contributed by atoms with van der Waals surface area (Å²) in [6, 6.07) is 8.39. The third kappa shape index (κ3) is 6.63. The Kier molecular flexibility index (Phi) is 8.31. The first-order chi connectivity index (χ1) is 9.27. The van der Waals surface area contributed by atoms with E-state index in [1.54, 1.807) is 0 Å². The van der Waals surface area contributed by atoms with E-state index in [9.17, 15) is 0 Å². The molecule has 0 amide bonds. The van der Waals surface area contributed by atoms with Crippen molar-refractivity contribution in [2.75, 3.05) is 6.61 Å². The fraction of sp³-hybridized carbons (Fsp3) is 0.647. The lowest BCUT2D eigenvalue weighted by Crippen LogP contribution is -2.10. The second-order valence-corrected chi connectivity index (χ2v) is 5.23. The zero-order valence-electron chi connectivity index (χ0n) is 12.5. The van der Waals surface area contributed by atoms with Gasteiger partial charge in [-0.15, -0.1) is 0 Å². The fourth-order valence-corrected chi connectivity index (χ4v) is 2.19. The summed E-state index contributed by atoms with van der Waals surface area (Å²) < 4.78 is 5.65. The molecule has 1 atom stereocenters. The van der Waals surface area contributed by atoms with Gasteiger partial charge in [0.1, 0.15) is 5.75 Å². The van der Waals surface area contributed by atoms with Crippen LogP contribution >= 0.6 is 0 Å². The molecule has 0 spiro atoms. The van der Waals surface area contributed by atoms with E-state index in [4.69, 9.17) is 10.5 Å². The van der Waals surface area contributed by atoms with Crippen molar-refractivity contribution in [2.45, 2.75) is 64.8 Å². The van der Waals surface area contributed by atoms with Crippen molar-refractivity contribution in [3.05, 3.63) is 29.8 Å². The minimum absolute atomic E-state index is 0.145. The number of unbranched alkanes of at least 4 members (excludes halogenated alkanes) is 4. The van der Waals surface area contributed by atoms with Crippen LogP contribution in [0.3, 0.4) is 0 Å². The summed E-state index contributed by atoms with van der Waals surface area (Å²) in [4.78, 5) is 0. The van der Waals surface area contributed by atoms with Crippen molar-refractivity contribution in [1.29, 1.82) is 0 Å².